The molecule has 118 valence electrons. The summed E-state index contributed by atoms with van der Waals surface area (Å²) in [6, 6.07) is 0. The Morgan fingerprint density at radius 1 is 1.29 bits per heavy atom. The molecule has 0 bridgehead atoms. The molecule has 5 heteroatoms. The summed E-state index contributed by atoms with van der Waals surface area (Å²) in [5.41, 5.74) is -0.377. The van der Waals surface area contributed by atoms with Crippen molar-refractivity contribution in [2.45, 2.75) is 76.4 Å². The van der Waals surface area contributed by atoms with E-state index >= 15 is 0 Å². The Morgan fingerprint density at radius 3 is 2.62 bits per heavy atom. The van der Waals surface area contributed by atoms with Gasteiger partial charge in [0.15, 0.2) is 0 Å². The van der Waals surface area contributed by atoms with Crippen LogP contribution in [-0.2, 0) is 16.8 Å². The highest BCUT2D eigenvalue weighted by molar-refractivity contribution is 5.03. The Morgan fingerprint density at radius 2 is 2.00 bits per heavy atom. The lowest BCUT2D eigenvalue weighted by molar-refractivity contribution is -0.0636. The van der Waals surface area contributed by atoms with E-state index < -0.39 is 0 Å². The first-order chi connectivity index (χ1) is 10.2. The number of aliphatic hydroxyl groups excluding tert-OH is 1. The van der Waals surface area contributed by atoms with E-state index in [4.69, 9.17) is 9.26 Å². The maximum absolute atomic E-state index is 10.0. The van der Waals surface area contributed by atoms with Crippen LogP contribution in [0.1, 0.15) is 70.0 Å². The number of rotatable bonds is 6. The first kappa shape index (κ1) is 15.0. The molecule has 2 aliphatic rings. The van der Waals surface area contributed by atoms with Crippen LogP contribution in [0, 0.1) is 5.92 Å². The molecule has 0 amide bonds. The molecule has 0 radical (unpaired) electrons. The van der Waals surface area contributed by atoms with Gasteiger partial charge in [-0.05, 0) is 38.5 Å². The van der Waals surface area contributed by atoms with Crippen molar-refractivity contribution >= 4 is 0 Å². The predicted octanol–water partition coefficient (Wildman–Crippen LogP) is 2.97. The van der Waals surface area contributed by atoms with Crippen LogP contribution in [-0.4, -0.2) is 28.0 Å². The fraction of sp³-hybridized carbons (Fsp3) is 0.875. The molecule has 2 fully saturated rings. The minimum absolute atomic E-state index is 0.338. The minimum Gasteiger partial charge on any atom is -0.392 e. The Balaban J connectivity index is 1.74. The average Bonchev–Trinajstić information content (AvgIpc) is 3.26. The third-order valence-electron chi connectivity index (χ3n) is 4.76. The van der Waals surface area contributed by atoms with Crippen LogP contribution in [0.15, 0.2) is 4.52 Å². The van der Waals surface area contributed by atoms with E-state index in [1.165, 1.54) is 12.8 Å². The van der Waals surface area contributed by atoms with Crippen LogP contribution in [0.4, 0.5) is 0 Å². The van der Waals surface area contributed by atoms with Crippen LogP contribution in [0.25, 0.3) is 0 Å². The van der Waals surface area contributed by atoms with Crippen molar-refractivity contribution in [3.05, 3.63) is 11.7 Å². The highest BCUT2D eigenvalue weighted by Gasteiger charge is 2.39. The van der Waals surface area contributed by atoms with E-state index in [-0.39, 0.29) is 11.7 Å². The lowest BCUT2D eigenvalue weighted by Crippen LogP contribution is -2.31. The first-order valence-electron chi connectivity index (χ1n) is 8.38. The minimum atomic E-state index is -0.377. The third kappa shape index (κ3) is 3.46. The molecule has 2 saturated carbocycles. The van der Waals surface area contributed by atoms with E-state index in [0.29, 0.717) is 30.7 Å². The van der Waals surface area contributed by atoms with E-state index in [2.05, 4.69) is 10.1 Å². The Labute approximate surface area is 126 Å². The fourth-order valence-electron chi connectivity index (χ4n) is 3.36. The van der Waals surface area contributed by atoms with Crippen molar-refractivity contribution in [1.82, 2.24) is 10.1 Å². The second-order valence-corrected chi connectivity index (χ2v) is 6.46. The largest absolute Gasteiger partial charge is 0.392 e. The first-order valence-corrected chi connectivity index (χ1v) is 8.38. The second-order valence-electron chi connectivity index (χ2n) is 6.46. The molecule has 2 aliphatic carbocycles. The summed E-state index contributed by atoms with van der Waals surface area (Å²) in [6.07, 6.45) is 9.09. The molecule has 0 spiro atoms. The van der Waals surface area contributed by atoms with Gasteiger partial charge in [-0.15, -0.1) is 0 Å². The van der Waals surface area contributed by atoms with Gasteiger partial charge in [-0.25, -0.2) is 0 Å². The maximum Gasteiger partial charge on any atom is 0.229 e. The Bertz CT molecular complexity index is 448. The Hall–Kier alpha value is -0.940. The number of aliphatic hydroxyl groups is 1. The van der Waals surface area contributed by atoms with Crippen LogP contribution >= 0.6 is 0 Å². The molecular formula is C16H26N2O3. The van der Waals surface area contributed by atoms with Gasteiger partial charge in [-0.3, -0.25) is 0 Å². The summed E-state index contributed by atoms with van der Waals surface area (Å²) in [6.45, 7) is 2.68. The second kappa shape index (κ2) is 6.44. The highest BCUT2D eigenvalue weighted by Crippen LogP contribution is 2.38. The van der Waals surface area contributed by atoms with E-state index in [9.17, 15) is 5.11 Å². The number of aromatic nitrogens is 2. The molecule has 0 aliphatic heterocycles. The van der Waals surface area contributed by atoms with Crippen molar-refractivity contribution < 1.29 is 14.4 Å². The zero-order valence-corrected chi connectivity index (χ0v) is 12.9. The zero-order chi connectivity index (χ0) is 14.7. The molecule has 1 aromatic rings. The summed E-state index contributed by atoms with van der Waals surface area (Å²) in [5.74, 6) is 1.66. The van der Waals surface area contributed by atoms with Crippen molar-refractivity contribution in [3.8, 4) is 0 Å². The number of hydrogen-bond donors (Lipinski definition) is 1. The summed E-state index contributed by atoms with van der Waals surface area (Å²) in [4.78, 5) is 4.55. The molecule has 0 saturated heterocycles. The van der Waals surface area contributed by atoms with E-state index in [1.807, 2.05) is 6.92 Å². The van der Waals surface area contributed by atoms with Gasteiger partial charge in [0, 0.05) is 6.61 Å². The molecule has 1 atom stereocenters. The van der Waals surface area contributed by atoms with E-state index in [1.54, 1.807) is 0 Å². The van der Waals surface area contributed by atoms with Crippen LogP contribution in [0.5, 0.6) is 0 Å². The van der Waals surface area contributed by atoms with Gasteiger partial charge >= 0.3 is 0 Å². The van der Waals surface area contributed by atoms with Crippen LogP contribution in [0.3, 0.4) is 0 Å². The van der Waals surface area contributed by atoms with Gasteiger partial charge in [-0.1, -0.05) is 30.8 Å². The number of ether oxygens (including phenoxy) is 1. The summed E-state index contributed by atoms with van der Waals surface area (Å²) in [5, 5.41) is 14.2. The average molecular weight is 294 g/mol. The van der Waals surface area contributed by atoms with Gasteiger partial charge < -0.3 is 14.4 Å². The maximum atomic E-state index is 10.0. The number of nitrogens with zero attached hydrogens (tertiary/aromatic N) is 2. The molecule has 0 aromatic carbocycles. The van der Waals surface area contributed by atoms with Gasteiger partial charge in [0.25, 0.3) is 0 Å². The molecule has 1 unspecified atom stereocenters. The van der Waals surface area contributed by atoms with Crippen molar-refractivity contribution in [2.75, 3.05) is 6.61 Å². The molecule has 1 aromatic heterocycles. The Kier molecular flexibility index (Phi) is 4.60. The molecular weight excluding hydrogens is 268 g/mol. The van der Waals surface area contributed by atoms with Crippen molar-refractivity contribution in [2.24, 2.45) is 5.92 Å². The summed E-state index contributed by atoms with van der Waals surface area (Å²) in [7, 11) is 0. The van der Waals surface area contributed by atoms with Gasteiger partial charge in [0.1, 0.15) is 5.60 Å². The third-order valence-corrected chi connectivity index (χ3v) is 4.76. The predicted molar refractivity (Wildman–Crippen MR) is 77.7 cm³/mol. The van der Waals surface area contributed by atoms with E-state index in [0.717, 1.165) is 38.5 Å². The zero-order valence-electron chi connectivity index (χ0n) is 12.9. The standard InChI is InChI=1S/C16H26N2O3/c1-2-20-16(9-5-3-4-6-10-16)15-17-14(21-18-15)11-13(19)12-7-8-12/h12-13,19H,2-11H2,1H3. The molecule has 3 rings (SSSR count). The highest BCUT2D eigenvalue weighted by atomic mass is 16.5. The molecule has 5 nitrogen and oxygen atoms in total. The molecule has 1 heterocycles. The summed E-state index contributed by atoms with van der Waals surface area (Å²) >= 11 is 0. The van der Waals surface area contributed by atoms with Crippen LogP contribution in [0.2, 0.25) is 0 Å². The molecule has 21 heavy (non-hydrogen) atoms. The quantitative estimate of drug-likeness (QED) is 0.817. The van der Waals surface area contributed by atoms with Gasteiger partial charge in [0.2, 0.25) is 11.7 Å². The van der Waals surface area contributed by atoms with Crippen molar-refractivity contribution in [3.63, 3.8) is 0 Å². The van der Waals surface area contributed by atoms with Gasteiger partial charge in [0.05, 0.1) is 12.5 Å². The fourth-order valence-corrected chi connectivity index (χ4v) is 3.36. The SMILES string of the molecule is CCOC1(c2noc(CC(O)C3CC3)n2)CCCCCC1. The topological polar surface area (TPSA) is 68.4 Å². The molecule has 1 N–H and O–H groups in total. The van der Waals surface area contributed by atoms with Gasteiger partial charge in [-0.2, -0.15) is 4.98 Å². The summed E-state index contributed by atoms with van der Waals surface area (Å²) < 4.78 is 11.4. The smallest absolute Gasteiger partial charge is 0.229 e. The lowest BCUT2D eigenvalue weighted by Gasteiger charge is -2.29. The number of hydrogen-bond acceptors (Lipinski definition) is 5. The normalized spacial score (nSPS) is 23.7. The van der Waals surface area contributed by atoms with Crippen LogP contribution < -0.4 is 0 Å². The lowest BCUT2D eigenvalue weighted by atomic mass is 9.93. The monoisotopic (exact) mass is 294 g/mol. The van der Waals surface area contributed by atoms with Crippen molar-refractivity contribution in [1.29, 1.82) is 0 Å².